The van der Waals surface area contributed by atoms with E-state index in [4.69, 9.17) is 5.26 Å². The lowest BCUT2D eigenvalue weighted by Crippen LogP contribution is -2.55. The van der Waals surface area contributed by atoms with Crippen molar-refractivity contribution in [2.75, 3.05) is 6.54 Å². The predicted octanol–water partition coefficient (Wildman–Crippen LogP) is 1.72. The molecule has 2 N–H and O–H groups in total. The molecular formula is C14H23N3O. The largest absolute Gasteiger partial charge is 0.355 e. The van der Waals surface area contributed by atoms with E-state index in [0.717, 1.165) is 18.8 Å². The molecule has 0 aromatic heterocycles. The second-order valence-electron chi connectivity index (χ2n) is 5.50. The van der Waals surface area contributed by atoms with Crippen LogP contribution in [0.3, 0.4) is 0 Å². The lowest BCUT2D eigenvalue weighted by atomic mass is 9.77. The number of hydrogen-bond donors (Lipinski definition) is 2. The van der Waals surface area contributed by atoms with Crippen LogP contribution < -0.4 is 10.6 Å². The molecule has 2 rings (SSSR count). The van der Waals surface area contributed by atoms with Gasteiger partial charge in [0.15, 0.2) is 0 Å². The van der Waals surface area contributed by atoms with Crippen LogP contribution in [0.5, 0.6) is 0 Å². The third kappa shape index (κ3) is 3.46. The fraction of sp³-hybridized carbons (Fsp3) is 0.857. The van der Waals surface area contributed by atoms with Crippen LogP contribution in [0.4, 0.5) is 0 Å². The fourth-order valence-electron chi connectivity index (χ4n) is 3.20. The van der Waals surface area contributed by atoms with Gasteiger partial charge in [0.25, 0.3) is 0 Å². The summed E-state index contributed by atoms with van der Waals surface area (Å²) in [6, 6.07) is 2.64. The summed E-state index contributed by atoms with van der Waals surface area (Å²) >= 11 is 0. The number of carbonyl (C=O) groups excluding carboxylic acids is 1. The van der Waals surface area contributed by atoms with Gasteiger partial charge in [0.2, 0.25) is 5.91 Å². The van der Waals surface area contributed by atoms with Gasteiger partial charge in [-0.15, -0.1) is 0 Å². The van der Waals surface area contributed by atoms with Crippen molar-refractivity contribution >= 4 is 5.91 Å². The first-order chi connectivity index (χ1) is 8.81. The van der Waals surface area contributed by atoms with Crippen LogP contribution in [-0.4, -0.2) is 24.5 Å². The van der Waals surface area contributed by atoms with Crippen LogP contribution in [0.15, 0.2) is 0 Å². The van der Waals surface area contributed by atoms with Gasteiger partial charge in [0.1, 0.15) is 0 Å². The maximum atomic E-state index is 12.0. The molecule has 0 aromatic carbocycles. The summed E-state index contributed by atoms with van der Waals surface area (Å²) in [6.45, 7) is 0.624. The number of amides is 1. The summed E-state index contributed by atoms with van der Waals surface area (Å²) in [5.41, 5.74) is 0. The summed E-state index contributed by atoms with van der Waals surface area (Å²) in [4.78, 5) is 12.0. The molecule has 2 fully saturated rings. The van der Waals surface area contributed by atoms with Gasteiger partial charge in [-0.1, -0.05) is 12.8 Å². The van der Waals surface area contributed by atoms with Crippen molar-refractivity contribution in [2.24, 2.45) is 5.92 Å². The lowest BCUT2D eigenvalue weighted by Gasteiger charge is -2.39. The van der Waals surface area contributed by atoms with Crippen LogP contribution in [-0.2, 0) is 4.79 Å². The molecule has 1 saturated heterocycles. The number of carbonyl (C=O) groups is 1. The molecule has 0 aromatic rings. The van der Waals surface area contributed by atoms with E-state index in [0.29, 0.717) is 19.0 Å². The highest BCUT2D eigenvalue weighted by Gasteiger charge is 2.34. The fourth-order valence-corrected chi connectivity index (χ4v) is 3.20. The van der Waals surface area contributed by atoms with E-state index in [1.165, 1.54) is 32.1 Å². The highest BCUT2D eigenvalue weighted by atomic mass is 16.2. The molecule has 0 spiro atoms. The Hall–Kier alpha value is -1.08. The van der Waals surface area contributed by atoms with E-state index in [1.807, 2.05) is 0 Å². The summed E-state index contributed by atoms with van der Waals surface area (Å²) in [5, 5.41) is 14.9. The Kier molecular flexibility index (Phi) is 5.00. The van der Waals surface area contributed by atoms with Gasteiger partial charge in [-0.2, -0.15) is 5.26 Å². The third-order valence-electron chi connectivity index (χ3n) is 4.23. The number of nitrogens with one attached hydrogen (secondary N) is 2. The zero-order valence-corrected chi connectivity index (χ0v) is 11.0. The Labute approximate surface area is 109 Å². The smallest absolute Gasteiger partial charge is 0.237 e. The number of piperidine rings is 1. The van der Waals surface area contributed by atoms with Crippen LogP contribution in [0.2, 0.25) is 0 Å². The van der Waals surface area contributed by atoms with E-state index in [1.54, 1.807) is 0 Å². The van der Waals surface area contributed by atoms with Crippen molar-refractivity contribution in [3.63, 3.8) is 0 Å². The Morgan fingerprint density at radius 3 is 2.94 bits per heavy atom. The van der Waals surface area contributed by atoms with Crippen molar-refractivity contribution in [1.29, 1.82) is 5.26 Å². The monoisotopic (exact) mass is 249 g/mol. The Morgan fingerprint density at radius 1 is 1.28 bits per heavy atom. The molecule has 1 saturated carbocycles. The second kappa shape index (κ2) is 6.75. The maximum Gasteiger partial charge on any atom is 0.237 e. The van der Waals surface area contributed by atoms with Crippen molar-refractivity contribution in [3.05, 3.63) is 0 Å². The molecule has 0 radical (unpaired) electrons. The summed E-state index contributed by atoms with van der Waals surface area (Å²) in [5.74, 6) is 0.915. The minimum Gasteiger partial charge on any atom is -0.355 e. The van der Waals surface area contributed by atoms with Gasteiger partial charge in [0.05, 0.1) is 12.1 Å². The van der Waals surface area contributed by atoms with Crippen molar-refractivity contribution in [3.8, 4) is 6.07 Å². The zero-order valence-electron chi connectivity index (χ0n) is 11.0. The Morgan fingerprint density at radius 2 is 2.11 bits per heavy atom. The molecule has 2 aliphatic rings. The summed E-state index contributed by atoms with van der Waals surface area (Å²) < 4.78 is 0. The van der Waals surface area contributed by atoms with E-state index in [9.17, 15) is 4.79 Å². The van der Waals surface area contributed by atoms with Crippen LogP contribution >= 0.6 is 0 Å². The Balaban J connectivity index is 1.73. The first-order valence-corrected chi connectivity index (χ1v) is 7.22. The van der Waals surface area contributed by atoms with Crippen molar-refractivity contribution in [2.45, 2.75) is 63.5 Å². The van der Waals surface area contributed by atoms with E-state index in [2.05, 4.69) is 16.7 Å². The van der Waals surface area contributed by atoms with Crippen LogP contribution in [0.25, 0.3) is 0 Å². The minimum atomic E-state index is -0.00793. The topological polar surface area (TPSA) is 64.9 Å². The highest BCUT2D eigenvalue weighted by Crippen LogP contribution is 2.32. The number of unbranched alkanes of at least 4 members (excludes halogenated alkanes) is 1. The number of hydrogen-bond acceptors (Lipinski definition) is 3. The van der Waals surface area contributed by atoms with Crippen molar-refractivity contribution in [1.82, 2.24) is 10.6 Å². The summed E-state index contributed by atoms with van der Waals surface area (Å²) in [6.07, 6.45) is 8.62. The standard InChI is InChI=1S/C14H23N3O/c15-9-3-4-10-16-14(18)13-8-7-11-5-1-2-6-12(11)17-13/h11-13,17H,1-8,10H2,(H,16,18). The van der Waals surface area contributed by atoms with Gasteiger partial charge in [-0.3, -0.25) is 4.79 Å². The quantitative estimate of drug-likeness (QED) is 0.746. The van der Waals surface area contributed by atoms with E-state index < -0.39 is 0 Å². The van der Waals surface area contributed by atoms with Crippen molar-refractivity contribution < 1.29 is 4.79 Å². The first kappa shape index (κ1) is 13.4. The minimum absolute atomic E-state index is 0.00793. The zero-order chi connectivity index (χ0) is 12.8. The van der Waals surface area contributed by atoms with Crippen LogP contribution in [0, 0.1) is 17.2 Å². The average molecular weight is 249 g/mol. The molecule has 3 unspecified atom stereocenters. The SMILES string of the molecule is N#CCCCNC(=O)C1CCC2CCCCC2N1. The van der Waals surface area contributed by atoms with Gasteiger partial charge in [-0.25, -0.2) is 0 Å². The molecule has 3 atom stereocenters. The number of nitriles is 1. The van der Waals surface area contributed by atoms with Gasteiger partial charge in [-0.05, 0) is 38.0 Å². The molecule has 1 amide bonds. The molecule has 18 heavy (non-hydrogen) atoms. The molecular weight excluding hydrogens is 226 g/mol. The average Bonchev–Trinajstić information content (AvgIpc) is 2.43. The number of nitrogens with zero attached hydrogens (tertiary/aromatic N) is 1. The molecule has 100 valence electrons. The lowest BCUT2D eigenvalue weighted by molar-refractivity contribution is -0.124. The highest BCUT2D eigenvalue weighted by molar-refractivity contribution is 5.81. The van der Waals surface area contributed by atoms with Crippen LogP contribution in [0.1, 0.15) is 51.4 Å². The van der Waals surface area contributed by atoms with Gasteiger partial charge < -0.3 is 10.6 Å². The molecule has 4 nitrogen and oxygen atoms in total. The maximum absolute atomic E-state index is 12.0. The number of rotatable bonds is 4. The first-order valence-electron chi connectivity index (χ1n) is 7.22. The normalized spacial score (nSPS) is 31.2. The molecule has 1 aliphatic carbocycles. The molecule has 4 heteroatoms. The van der Waals surface area contributed by atoms with E-state index >= 15 is 0 Å². The summed E-state index contributed by atoms with van der Waals surface area (Å²) in [7, 11) is 0. The number of fused-ring (bicyclic) bond motifs is 1. The third-order valence-corrected chi connectivity index (χ3v) is 4.23. The molecule has 1 heterocycles. The van der Waals surface area contributed by atoms with Gasteiger partial charge >= 0.3 is 0 Å². The van der Waals surface area contributed by atoms with Gasteiger partial charge in [0, 0.05) is 19.0 Å². The predicted molar refractivity (Wildman–Crippen MR) is 69.8 cm³/mol. The molecule has 0 bridgehead atoms. The second-order valence-corrected chi connectivity index (χ2v) is 5.50. The van der Waals surface area contributed by atoms with E-state index in [-0.39, 0.29) is 11.9 Å². The Bertz CT molecular complexity index is 323. The molecule has 1 aliphatic heterocycles.